The summed E-state index contributed by atoms with van der Waals surface area (Å²) in [5.74, 6) is 1.62. The normalized spacial score (nSPS) is 45.8. The molecule has 0 aliphatic heterocycles. The van der Waals surface area contributed by atoms with Gasteiger partial charge in [0.25, 0.3) is 0 Å². The number of esters is 1. The van der Waals surface area contributed by atoms with E-state index >= 15 is 0 Å². The maximum Gasteiger partial charge on any atom is 0.309 e. The van der Waals surface area contributed by atoms with Crippen LogP contribution in [0.4, 0.5) is 8.78 Å². The number of carbonyl (C=O) groups is 1. The molecule has 0 heterocycles. The molecule has 3 fully saturated rings. The molecule has 0 amide bonds. The average Bonchev–Trinajstić information content (AvgIpc) is 2.60. The molecule has 0 saturated heterocycles. The monoisotopic (exact) mass is 356 g/mol. The lowest BCUT2D eigenvalue weighted by Gasteiger charge is -2.37. The van der Waals surface area contributed by atoms with Crippen LogP contribution >= 0.6 is 0 Å². The van der Waals surface area contributed by atoms with Crippen molar-refractivity contribution in [3.63, 3.8) is 0 Å². The van der Waals surface area contributed by atoms with Crippen LogP contribution in [-0.2, 0) is 9.53 Å². The van der Waals surface area contributed by atoms with Gasteiger partial charge in [-0.2, -0.15) is 0 Å². The van der Waals surface area contributed by atoms with Crippen LogP contribution in [0.15, 0.2) is 0 Å². The van der Waals surface area contributed by atoms with Gasteiger partial charge in [-0.1, -0.05) is 26.7 Å². The van der Waals surface area contributed by atoms with Crippen molar-refractivity contribution in [2.24, 2.45) is 29.6 Å². The van der Waals surface area contributed by atoms with Gasteiger partial charge < -0.3 is 4.74 Å². The summed E-state index contributed by atoms with van der Waals surface area (Å²) in [5.41, 5.74) is 0. The number of halogens is 2. The highest BCUT2D eigenvalue weighted by Gasteiger charge is 2.39. The highest BCUT2D eigenvalue weighted by molar-refractivity contribution is 5.72. The maximum absolute atomic E-state index is 13.8. The van der Waals surface area contributed by atoms with Gasteiger partial charge in [0.1, 0.15) is 18.4 Å². The van der Waals surface area contributed by atoms with Crippen molar-refractivity contribution < 1.29 is 18.3 Å². The smallest absolute Gasteiger partial charge is 0.309 e. The highest BCUT2D eigenvalue weighted by atomic mass is 19.1. The first-order chi connectivity index (χ1) is 11.9. The molecule has 144 valence electrons. The van der Waals surface area contributed by atoms with Gasteiger partial charge in [0, 0.05) is 18.8 Å². The highest BCUT2D eigenvalue weighted by Crippen LogP contribution is 2.42. The molecular weight excluding hydrogens is 322 g/mol. The molecule has 3 aliphatic carbocycles. The van der Waals surface area contributed by atoms with Crippen molar-refractivity contribution in [2.75, 3.05) is 0 Å². The molecule has 0 radical (unpaired) electrons. The Labute approximate surface area is 151 Å². The number of hydrogen-bond acceptors (Lipinski definition) is 2. The summed E-state index contributed by atoms with van der Waals surface area (Å²) in [6, 6.07) is 0. The molecule has 0 aromatic rings. The molecule has 0 aromatic heterocycles. The molecular formula is C21H34F2O2. The average molecular weight is 356 g/mol. The Morgan fingerprint density at radius 3 is 1.80 bits per heavy atom. The second kappa shape index (κ2) is 8.35. The molecule has 3 rings (SSSR count). The quantitative estimate of drug-likeness (QED) is 0.612. The van der Waals surface area contributed by atoms with Gasteiger partial charge in [0.2, 0.25) is 0 Å². The van der Waals surface area contributed by atoms with E-state index in [2.05, 4.69) is 6.92 Å². The predicted molar refractivity (Wildman–Crippen MR) is 94.6 cm³/mol. The Morgan fingerprint density at radius 2 is 1.28 bits per heavy atom. The first-order valence-corrected chi connectivity index (χ1v) is 10.4. The zero-order valence-corrected chi connectivity index (χ0v) is 15.8. The Bertz CT molecular complexity index is 427. The third kappa shape index (κ3) is 4.74. The fourth-order valence-electron chi connectivity index (χ4n) is 5.19. The van der Waals surface area contributed by atoms with Crippen molar-refractivity contribution in [1.82, 2.24) is 0 Å². The lowest BCUT2D eigenvalue weighted by atomic mass is 9.69. The molecule has 0 bridgehead atoms. The van der Waals surface area contributed by atoms with E-state index in [1.54, 1.807) is 6.92 Å². The number of hydrogen-bond donors (Lipinski definition) is 0. The first-order valence-electron chi connectivity index (χ1n) is 10.4. The van der Waals surface area contributed by atoms with Gasteiger partial charge in [0.05, 0.1) is 5.92 Å². The van der Waals surface area contributed by atoms with Gasteiger partial charge in [-0.3, -0.25) is 4.79 Å². The molecule has 25 heavy (non-hydrogen) atoms. The Balaban J connectivity index is 1.42. The van der Waals surface area contributed by atoms with Crippen LogP contribution in [0.25, 0.3) is 0 Å². The van der Waals surface area contributed by atoms with Gasteiger partial charge in [-0.05, 0) is 56.3 Å². The minimum Gasteiger partial charge on any atom is -0.462 e. The number of ether oxygens (including phenoxy) is 1. The Morgan fingerprint density at radius 1 is 0.800 bits per heavy atom. The largest absolute Gasteiger partial charge is 0.462 e. The van der Waals surface area contributed by atoms with Crippen LogP contribution in [0.3, 0.4) is 0 Å². The second-order valence-electron chi connectivity index (χ2n) is 9.05. The standard InChI is InChI=1S/C21H34F2O2/c1-13-3-5-15(6-4-13)16-7-9-17(10-8-16)21(24)25-18-11-19(22)14(2)20(23)12-18/h13-20H,3-12H2,1-2H3. The molecule has 3 aliphatic rings. The van der Waals surface area contributed by atoms with E-state index in [1.807, 2.05) is 0 Å². The third-order valence-corrected chi connectivity index (χ3v) is 7.23. The number of carbonyl (C=O) groups excluding carboxylic acids is 1. The molecule has 2 nitrogen and oxygen atoms in total. The molecule has 0 aromatic carbocycles. The van der Waals surface area contributed by atoms with E-state index in [9.17, 15) is 13.6 Å². The minimum atomic E-state index is -1.20. The van der Waals surface area contributed by atoms with Crippen molar-refractivity contribution in [2.45, 2.75) is 96.5 Å². The maximum atomic E-state index is 13.8. The second-order valence-corrected chi connectivity index (χ2v) is 9.05. The lowest BCUT2D eigenvalue weighted by Crippen LogP contribution is -2.39. The van der Waals surface area contributed by atoms with E-state index in [4.69, 9.17) is 4.74 Å². The summed E-state index contributed by atoms with van der Waals surface area (Å²) in [4.78, 5) is 12.4. The SMILES string of the molecule is CC1CCC(C2CCC(C(=O)OC3CC(F)C(C)C(F)C3)CC2)CC1. The van der Waals surface area contributed by atoms with Crippen molar-refractivity contribution >= 4 is 5.97 Å². The summed E-state index contributed by atoms with van der Waals surface area (Å²) in [6.07, 6.45) is 6.70. The van der Waals surface area contributed by atoms with Crippen LogP contribution < -0.4 is 0 Å². The summed E-state index contributed by atoms with van der Waals surface area (Å²) in [7, 11) is 0. The third-order valence-electron chi connectivity index (χ3n) is 7.23. The topological polar surface area (TPSA) is 26.3 Å². The molecule has 0 N–H and O–H groups in total. The van der Waals surface area contributed by atoms with Gasteiger partial charge >= 0.3 is 5.97 Å². The molecule has 3 saturated carbocycles. The van der Waals surface area contributed by atoms with Crippen LogP contribution in [0.2, 0.25) is 0 Å². The molecule has 4 heteroatoms. The molecule has 2 atom stereocenters. The predicted octanol–water partition coefficient (Wildman–Crippen LogP) is 5.64. The summed E-state index contributed by atoms with van der Waals surface area (Å²) in [5, 5.41) is 0. The van der Waals surface area contributed by atoms with Gasteiger partial charge in [-0.25, -0.2) is 8.78 Å². The fourth-order valence-corrected chi connectivity index (χ4v) is 5.19. The van der Waals surface area contributed by atoms with Gasteiger partial charge in [0.15, 0.2) is 0 Å². The Hall–Kier alpha value is -0.670. The van der Waals surface area contributed by atoms with E-state index in [-0.39, 0.29) is 24.7 Å². The van der Waals surface area contributed by atoms with Crippen molar-refractivity contribution in [3.05, 3.63) is 0 Å². The van der Waals surface area contributed by atoms with E-state index in [0.29, 0.717) is 0 Å². The molecule has 2 unspecified atom stereocenters. The van der Waals surface area contributed by atoms with Crippen molar-refractivity contribution in [1.29, 1.82) is 0 Å². The Kier molecular flexibility index (Phi) is 6.38. The summed E-state index contributed by atoms with van der Waals surface area (Å²) in [6.45, 7) is 3.94. The van der Waals surface area contributed by atoms with Gasteiger partial charge in [-0.15, -0.1) is 0 Å². The number of alkyl halides is 2. The minimum absolute atomic E-state index is 0.0609. The van der Waals surface area contributed by atoms with Crippen LogP contribution in [0.5, 0.6) is 0 Å². The fraction of sp³-hybridized carbons (Fsp3) is 0.952. The summed E-state index contributed by atoms with van der Waals surface area (Å²) >= 11 is 0. The summed E-state index contributed by atoms with van der Waals surface area (Å²) < 4.78 is 33.1. The number of rotatable bonds is 3. The first kappa shape index (κ1) is 19.1. The van der Waals surface area contributed by atoms with E-state index < -0.39 is 24.4 Å². The zero-order valence-electron chi connectivity index (χ0n) is 15.8. The lowest BCUT2D eigenvalue weighted by molar-refractivity contribution is -0.160. The molecule has 0 spiro atoms. The zero-order chi connectivity index (χ0) is 18.0. The van der Waals surface area contributed by atoms with Crippen LogP contribution in [-0.4, -0.2) is 24.4 Å². The van der Waals surface area contributed by atoms with Crippen LogP contribution in [0.1, 0.15) is 78.1 Å². The van der Waals surface area contributed by atoms with Crippen molar-refractivity contribution in [3.8, 4) is 0 Å². The van der Waals surface area contributed by atoms with Crippen LogP contribution in [0, 0.1) is 29.6 Å². The van der Waals surface area contributed by atoms with E-state index in [1.165, 1.54) is 25.7 Å². The van der Waals surface area contributed by atoms with E-state index in [0.717, 1.165) is 43.4 Å².